The number of primary amides is 1. The van der Waals surface area contributed by atoms with Crippen molar-refractivity contribution in [3.63, 3.8) is 0 Å². The van der Waals surface area contributed by atoms with Crippen molar-refractivity contribution in [1.82, 2.24) is 14.7 Å². The zero-order chi connectivity index (χ0) is 14.9. The number of carbonyl (C=O) groups is 2. The van der Waals surface area contributed by atoms with Crippen molar-refractivity contribution in [1.29, 1.82) is 0 Å². The van der Waals surface area contributed by atoms with Crippen LogP contribution in [0.3, 0.4) is 0 Å². The van der Waals surface area contributed by atoms with Crippen molar-refractivity contribution in [2.45, 2.75) is 19.4 Å². The first kappa shape index (κ1) is 14.3. The molecule has 1 aliphatic heterocycles. The van der Waals surface area contributed by atoms with Crippen LogP contribution in [0.25, 0.3) is 0 Å². The molecular formula is C12H19N5O3. The van der Waals surface area contributed by atoms with Gasteiger partial charge in [-0.3, -0.25) is 14.3 Å². The number of nitrogen functional groups attached to an aromatic ring is 1. The zero-order valence-electron chi connectivity index (χ0n) is 11.6. The van der Waals surface area contributed by atoms with E-state index in [4.69, 9.17) is 16.2 Å². The summed E-state index contributed by atoms with van der Waals surface area (Å²) in [6.45, 7) is 2.69. The standard InChI is InChI=1S/C12H19N5O3/c1-3-7-9(13)10(16(2)15-7)12(19)17-4-5-20-6-8(17)11(14)18/h8H,3-6,13H2,1-2H3,(H2,14,18). The van der Waals surface area contributed by atoms with E-state index in [1.165, 1.54) is 9.58 Å². The Bertz CT molecular complexity index is 539. The minimum atomic E-state index is -0.768. The summed E-state index contributed by atoms with van der Waals surface area (Å²) < 4.78 is 6.65. The van der Waals surface area contributed by atoms with Crippen LogP contribution in [0.2, 0.25) is 0 Å². The Kier molecular flexibility index (Phi) is 3.93. The maximum Gasteiger partial charge on any atom is 0.275 e. The van der Waals surface area contributed by atoms with E-state index in [-0.39, 0.29) is 18.2 Å². The fourth-order valence-corrected chi connectivity index (χ4v) is 2.33. The monoisotopic (exact) mass is 281 g/mol. The normalized spacial score (nSPS) is 19.1. The number of anilines is 1. The number of hydrogen-bond acceptors (Lipinski definition) is 5. The van der Waals surface area contributed by atoms with Crippen molar-refractivity contribution >= 4 is 17.5 Å². The van der Waals surface area contributed by atoms with E-state index < -0.39 is 11.9 Å². The van der Waals surface area contributed by atoms with Gasteiger partial charge in [-0.15, -0.1) is 0 Å². The molecule has 1 unspecified atom stereocenters. The summed E-state index contributed by atoms with van der Waals surface area (Å²) in [5, 5.41) is 4.21. The molecule has 0 radical (unpaired) electrons. The van der Waals surface area contributed by atoms with Gasteiger partial charge in [-0.2, -0.15) is 5.10 Å². The van der Waals surface area contributed by atoms with Crippen LogP contribution in [0, 0.1) is 0 Å². The number of aromatic nitrogens is 2. The summed E-state index contributed by atoms with van der Waals surface area (Å²) in [6.07, 6.45) is 0.634. The van der Waals surface area contributed by atoms with Crippen molar-refractivity contribution in [3.05, 3.63) is 11.4 Å². The zero-order valence-corrected chi connectivity index (χ0v) is 11.6. The van der Waals surface area contributed by atoms with Gasteiger partial charge < -0.3 is 21.1 Å². The molecule has 1 fully saturated rings. The highest BCUT2D eigenvalue weighted by atomic mass is 16.5. The highest BCUT2D eigenvalue weighted by Gasteiger charge is 2.34. The minimum absolute atomic E-state index is 0.111. The van der Waals surface area contributed by atoms with Crippen LogP contribution in [-0.4, -0.2) is 52.3 Å². The second kappa shape index (κ2) is 5.49. The first-order valence-corrected chi connectivity index (χ1v) is 6.46. The summed E-state index contributed by atoms with van der Waals surface area (Å²) in [7, 11) is 1.66. The van der Waals surface area contributed by atoms with E-state index in [1.54, 1.807) is 7.05 Å². The fraction of sp³-hybridized carbons (Fsp3) is 0.583. The molecule has 0 saturated carbocycles. The van der Waals surface area contributed by atoms with E-state index >= 15 is 0 Å². The van der Waals surface area contributed by atoms with Gasteiger partial charge in [0.05, 0.1) is 24.6 Å². The van der Waals surface area contributed by atoms with Crippen LogP contribution in [0.5, 0.6) is 0 Å². The molecule has 2 heterocycles. The SMILES string of the molecule is CCc1nn(C)c(C(=O)N2CCOCC2C(N)=O)c1N. The third kappa shape index (κ3) is 2.34. The highest BCUT2D eigenvalue weighted by molar-refractivity contribution is 6.00. The maximum absolute atomic E-state index is 12.6. The van der Waals surface area contributed by atoms with E-state index in [9.17, 15) is 9.59 Å². The van der Waals surface area contributed by atoms with Crippen molar-refractivity contribution in [2.75, 3.05) is 25.5 Å². The van der Waals surface area contributed by atoms with E-state index in [2.05, 4.69) is 5.10 Å². The number of rotatable bonds is 3. The summed E-state index contributed by atoms with van der Waals surface area (Å²) in [5.41, 5.74) is 12.6. The summed E-state index contributed by atoms with van der Waals surface area (Å²) in [6, 6.07) is -0.768. The fourth-order valence-electron chi connectivity index (χ4n) is 2.33. The van der Waals surface area contributed by atoms with Crippen molar-refractivity contribution in [2.24, 2.45) is 12.8 Å². The Labute approximate surface area is 116 Å². The lowest BCUT2D eigenvalue weighted by Crippen LogP contribution is -2.55. The number of carbonyl (C=O) groups excluding carboxylic acids is 2. The molecule has 1 atom stereocenters. The second-order valence-corrected chi connectivity index (χ2v) is 4.68. The molecule has 8 heteroatoms. The molecule has 1 aromatic rings. The molecule has 1 aliphatic rings. The van der Waals surface area contributed by atoms with Gasteiger partial charge in [-0.05, 0) is 6.42 Å². The average molecular weight is 281 g/mol. The lowest BCUT2D eigenvalue weighted by Gasteiger charge is -2.33. The molecule has 1 saturated heterocycles. The third-order valence-corrected chi connectivity index (χ3v) is 3.42. The number of nitrogens with zero attached hydrogens (tertiary/aromatic N) is 3. The van der Waals surface area contributed by atoms with Gasteiger partial charge in [-0.1, -0.05) is 6.92 Å². The first-order valence-electron chi connectivity index (χ1n) is 6.46. The van der Waals surface area contributed by atoms with Gasteiger partial charge in [0.15, 0.2) is 0 Å². The Hall–Kier alpha value is -2.09. The maximum atomic E-state index is 12.6. The Morgan fingerprint density at radius 2 is 2.20 bits per heavy atom. The number of hydrogen-bond donors (Lipinski definition) is 2. The number of aryl methyl sites for hydroxylation is 2. The topological polar surface area (TPSA) is 116 Å². The van der Waals surface area contributed by atoms with Gasteiger partial charge >= 0.3 is 0 Å². The van der Waals surface area contributed by atoms with Crippen LogP contribution in [0.15, 0.2) is 0 Å². The third-order valence-electron chi connectivity index (χ3n) is 3.42. The molecule has 1 aromatic heterocycles. The lowest BCUT2D eigenvalue weighted by atomic mass is 10.1. The molecule has 2 amide bonds. The Morgan fingerprint density at radius 3 is 2.75 bits per heavy atom. The van der Waals surface area contributed by atoms with E-state index in [0.717, 1.165) is 0 Å². The largest absolute Gasteiger partial charge is 0.395 e. The molecule has 0 aromatic carbocycles. The Balaban J connectivity index is 2.34. The lowest BCUT2D eigenvalue weighted by molar-refractivity contribution is -0.127. The summed E-state index contributed by atoms with van der Waals surface area (Å²) >= 11 is 0. The Morgan fingerprint density at radius 1 is 1.50 bits per heavy atom. The molecule has 0 aliphatic carbocycles. The van der Waals surface area contributed by atoms with E-state index in [0.29, 0.717) is 31.0 Å². The predicted octanol–water partition coefficient (Wildman–Crippen LogP) is -1.11. The van der Waals surface area contributed by atoms with Gasteiger partial charge in [0.25, 0.3) is 5.91 Å². The number of nitrogens with two attached hydrogens (primary N) is 2. The highest BCUT2D eigenvalue weighted by Crippen LogP contribution is 2.21. The summed E-state index contributed by atoms with van der Waals surface area (Å²) in [4.78, 5) is 25.4. The molecule has 4 N–H and O–H groups in total. The molecule has 2 rings (SSSR count). The van der Waals surface area contributed by atoms with Gasteiger partial charge in [-0.25, -0.2) is 0 Å². The quantitative estimate of drug-likeness (QED) is 0.728. The second-order valence-electron chi connectivity index (χ2n) is 4.68. The van der Waals surface area contributed by atoms with Gasteiger partial charge in [0.2, 0.25) is 5.91 Å². The minimum Gasteiger partial charge on any atom is -0.395 e. The number of ether oxygens (including phenoxy) is 1. The molecule has 0 spiro atoms. The van der Waals surface area contributed by atoms with Crippen LogP contribution < -0.4 is 11.5 Å². The number of amides is 2. The van der Waals surface area contributed by atoms with Crippen molar-refractivity contribution in [3.8, 4) is 0 Å². The predicted molar refractivity (Wildman–Crippen MR) is 71.8 cm³/mol. The molecule has 0 bridgehead atoms. The smallest absolute Gasteiger partial charge is 0.275 e. The summed E-state index contributed by atoms with van der Waals surface area (Å²) in [5.74, 6) is -0.932. The van der Waals surface area contributed by atoms with Crippen LogP contribution in [0.1, 0.15) is 23.1 Å². The molecule has 110 valence electrons. The first-order chi connectivity index (χ1) is 9.47. The number of morpholine rings is 1. The van der Waals surface area contributed by atoms with Gasteiger partial charge in [0.1, 0.15) is 11.7 Å². The molecule has 8 nitrogen and oxygen atoms in total. The van der Waals surface area contributed by atoms with E-state index in [1.807, 2.05) is 6.92 Å². The molecular weight excluding hydrogens is 262 g/mol. The van der Waals surface area contributed by atoms with Crippen molar-refractivity contribution < 1.29 is 14.3 Å². The van der Waals surface area contributed by atoms with Crippen LogP contribution >= 0.6 is 0 Å². The van der Waals surface area contributed by atoms with Crippen LogP contribution in [0.4, 0.5) is 5.69 Å². The van der Waals surface area contributed by atoms with Crippen LogP contribution in [-0.2, 0) is 23.0 Å². The molecule has 20 heavy (non-hydrogen) atoms. The average Bonchev–Trinajstić information content (AvgIpc) is 2.72. The van der Waals surface area contributed by atoms with Gasteiger partial charge in [0, 0.05) is 13.6 Å².